The molecule has 0 aliphatic heterocycles. The molecular formula is C23H19BrNO+. The molecule has 1 N–H and O–H groups in total. The first-order chi connectivity index (χ1) is 12.7. The van der Waals surface area contributed by atoms with Gasteiger partial charge in [0, 0.05) is 22.2 Å². The number of hydrogen-bond donors (Lipinski definition) is 1. The summed E-state index contributed by atoms with van der Waals surface area (Å²) in [5.41, 5.74) is 4.27. The summed E-state index contributed by atoms with van der Waals surface area (Å²) in [6.45, 7) is 2.17. The van der Waals surface area contributed by atoms with Gasteiger partial charge in [-0.15, -0.1) is 0 Å². The summed E-state index contributed by atoms with van der Waals surface area (Å²) < 4.78 is 7.26. The normalized spacial score (nSPS) is 11.8. The Kier molecular flexibility index (Phi) is 4.72. The third-order valence-electron chi connectivity index (χ3n) is 4.42. The average Bonchev–Trinajstić information content (AvgIpc) is 2.70. The SMILES string of the molecule is CCc1ccc2oc(-c3ccccc3)cc(=[NH+]c3ccc(Br)cc3)c2c1. The van der Waals surface area contributed by atoms with Crippen molar-refractivity contribution in [2.75, 3.05) is 0 Å². The number of rotatable bonds is 3. The first-order valence-corrected chi connectivity index (χ1v) is 9.50. The minimum absolute atomic E-state index is 0.849. The molecule has 0 saturated carbocycles. The van der Waals surface area contributed by atoms with Crippen LogP contribution in [0.5, 0.6) is 0 Å². The molecule has 3 aromatic carbocycles. The van der Waals surface area contributed by atoms with E-state index in [2.05, 4.69) is 76.4 Å². The Bertz CT molecular complexity index is 1110. The van der Waals surface area contributed by atoms with Gasteiger partial charge >= 0.3 is 0 Å². The highest BCUT2D eigenvalue weighted by molar-refractivity contribution is 9.10. The summed E-state index contributed by atoms with van der Waals surface area (Å²) in [4.78, 5) is 3.55. The highest BCUT2D eigenvalue weighted by Crippen LogP contribution is 2.22. The minimum atomic E-state index is 0.849. The lowest BCUT2D eigenvalue weighted by Crippen LogP contribution is -2.70. The van der Waals surface area contributed by atoms with Crippen LogP contribution in [0.1, 0.15) is 12.5 Å². The first-order valence-electron chi connectivity index (χ1n) is 8.71. The fourth-order valence-electron chi connectivity index (χ4n) is 2.99. The summed E-state index contributed by atoms with van der Waals surface area (Å²) in [7, 11) is 0. The lowest BCUT2D eigenvalue weighted by atomic mass is 10.1. The van der Waals surface area contributed by atoms with E-state index < -0.39 is 0 Å². The molecule has 0 unspecified atom stereocenters. The Hall–Kier alpha value is -2.65. The molecule has 0 aliphatic carbocycles. The summed E-state index contributed by atoms with van der Waals surface area (Å²) in [6, 6.07) is 26.9. The van der Waals surface area contributed by atoms with E-state index >= 15 is 0 Å². The van der Waals surface area contributed by atoms with Crippen LogP contribution in [0.3, 0.4) is 0 Å². The standard InChI is InChI=1S/C23H18BrNO/c1-2-16-8-13-22-20(14-16)21(25-19-11-9-18(24)10-12-19)15-23(26-22)17-6-4-3-5-7-17/h3-15H,2H2,1H3/p+1. The van der Waals surface area contributed by atoms with Crippen molar-refractivity contribution >= 4 is 32.6 Å². The van der Waals surface area contributed by atoms with Crippen LogP contribution in [0.25, 0.3) is 22.3 Å². The molecule has 0 bridgehead atoms. The zero-order chi connectivity index (χ0) is 17.9. The molecule has 0 fully saturated rings. The zero-order valence-corrected chi connectivity index (χ0v) is 16.1. The van der Waals surface area contributed by atoms with Gasteiger partial charge in [0.1, 0.15) is 11.3 Å². The van der Waals surface area contributed by atoms with Crippen LogP contribution in [0.4, 0.5) is 5.69 Å². The molecule has 2 nitrogen and oxygen atoms in total. The number of nitrogens with one attached hydrogen (secondary N) is 1. The summed E-state index contributed by atoms with van der Waals surface area (Å²) in [5, 5.41) is 2.13. The third kappa shape index (κ3) is 3.49. The number of benzene rings is 3. The van der Waals surface area contributed by atoms with Gasteiger partial charge in [-0.1, -0.05) is 59.3 Å². The summed E-state index contributed by atoms with van der Waals surface area (Å²) in [6.07, 6.45) is 0.994. The van der Waals surface area contributed by atoms with Gasteiger partial charge in [-0.3, -0.25) is 0 Å². The van der Waals surface area contributed by atoms with Crippen LogP contribution in [0, 0.1) is 0 Å². The molecule has 0 radical (unpaired) electrons. The molecule has 1 aromatic heterocycles. The topological polar surface area (TPSA) is 27.1 Å². The molecule has 3 heteroatoms. The van der Waals surface area contributed by atoms with Crippen LogP contribution < -0.4 is 10.3 Å². The Morgan fingerprint density at radius 2 is 1.65 bits per heavy atom. The molecule has 0 aliphatic rings. The predicted molar refractivity (Wildman–Crippen MR) is 109 cm³/mol. The van der Waals surface area contributed by atoms with E-state index in [4.69, 9.17) is 4.42 Å². The van der Waals surface area contributed by atoms with Crippen LogP contribution in [-0.4, -0.2) is 0 Å². The number of aryl methyl sites for hydroxylation is 1. The minimum Gasteiger partial charge on any atom is -0.456 e. The van der Waals surface area contributed by atoms with Crippen LogP contribution >= 0.6 is 15.9 Å². The highest BCUT2D eigenvalue weighted by atomic mass is 79.9. The van der Waals surface area contributed by atoms with E-state index in [0.717, 1.165) is 44.2 Å². The fourth-order valence-corrected chi connectivity index (χ4v) is 3.25. The van der Waals surface area contributed by atoms with Crippen molar-refractivity contribution in [1.82, 2.24) is 0 Å². The second-order valence-corrected chi connectivity index (χ2v) is 7.12. The molecule has 26 heavy (non-hydrogen) atoms. The Labute approximate surface area is 161 Å². The lowest BCUT2D eigenvalue weighted by molar-refractivity contribution is -0.400. The van der Waals surface area contributed by atoms with E-state index in [1.807, 2.05) is 30.3 Å². The molecule has 0 spiro atoms. The van der Waals surface area contributed by atoms with Crippen molar-refractivity contribution in [3.05, 3.63) is 94.3 Å². The van der Waals surface area contributed by atoms with Crippen molar-refractivity contribution in [2.24, 2.45) is 0 Å². The highest BCUT2D eigenvalue weighted by Gasteiger charge is 2.10. The van der Waals surface area contributed by atoms with Gasteiger partial charge in [0.25, 0.3) is 0 Å². The quantitative estimate of drug-likeness (QED) is 0.524. The maximum atomic E-state index is 6.20. The van der Waals surface area contributed by atoms with Crippen molar-refractivity contribution in [2.45, 2.75) is 13.3 Å². The molecular weight excluding hydrogens is 386 g/mol. The molecule has 0 atom stereocenters. The Balaban J connectivity index is 1.99. The van der Waals surface area contributed by atoms with E-state index in [1.54, 1.807) is 0 Å². The number of fused-ring (bicyclic) bond motifs is 1. The maximum Gasteiger partial charge on any atom is 0.218 e. The third-order valence-corrected chi connectivity index (χ3v) is 4.95. The summed E-state index contributed by atoms with van der Waals surface area (Å²) in [5.74, 6) is 0.849. The number of hydrogen-bond acceptors (Lipinski definition) is 1. The molecule has 1 heterocycles. The van der Waals surface area contributed by atoms with Crippen molar-refractivity contribution in [3.63, 3.8) is 0 Å². The van der Waals surface area contributed by atoms with Gasteiger partial charge in [-0.2, -0.15) is 0 Å². The van der Waals surface area contributed by atoms with Gasteiger partial charge < -0.3 is 4.42 Å². The molecule has 4 aromatic rings. The molecule has 128 valence electrons. The number of halogens is 1. The van der Waals surface area contributed by atoms with Crippen LogP contribution in [0.2, 0.25) is 0 Å². The Morgan fingerprint density at radius 1 is 0.885 bits per heavy atom. The van der Waals surface area contributed by atoms with E-state index in [1.165, 1.54) is 5.56 Å². The van der Waals surface area contributed by atoms with E-state index in [0.29, 0.717) is 0 Å². The monoisotopic (exact) mass is 404 g/mol. The van der Waals surface area contributed by atoms with Gasteiger partial charge in [0.05, 0.1) is 11.5 Å². The molecule has 4 rings (SSSR count). The predicted octanol–water partition coefficient (Wildman–Crippen LogP) is 4.74. The average molecular weight is 405 g/mol. The van der Waals surface area contributed by atoms with Crippen molar-refractivity contribution in [3.8, 4) is 11.3 Å². The van der Waals surface area contributed by atoms with Crippen molar-refractivity contribution < 1.29 is 9.41 Å². The van der Waals surface area contributed by atoms with Gasteiger partial charge in [0.15, 0.2) is 0 Å². The van der Waals surface area contributed by atoms with Crippen LogP contribution in [-0.2, 0) is 6.42 Å². The maximum absolute atomic E-state index is 6.20. The van der Waals surface area contributed by atoms with Gasteiger partial charge in [0.2, 0.25) is 11.0 Å². The second kappa shape index (κ2) is 7.30. The zero-order valence-electron chi connectivity index (χ0n) is 14.5. The van der Waals surface area contributed by atoms with Crippen LogP contribution in [0.15, 0.2) is 87.8 Å². The largest absolute Gasteiger partial charge is 0.456 e. The Morgan fingerprint density at radius 3 is 2.38 bits per heavy atom. The first kappa shape index (κ1) is 16.8. The smallest absolute Gasteiger partial charge is 0.218 e. The molecule has 0 amide bonds. The van der Waals surface area contributed by atoms with Gasteiger partial charge in [-0.05, 0) is 36.2 Å². The van der Waals surface area contributed by atoms with E-state index in [9.17, 15) is 0 Å². The molecule has 0 saturated heterocycles. The second-order valence-electron chi connectivity index (χ2n) is 6.21. The lowest BCUT2D eigenvalue weighted by Gasteiger charge is -2.04. The fraction of sp³-hybridized carbons (Fsp3) is 0.0870. The van der Waals surface area contributed by atoms with E-state index in [-0.39, 0.29) is 0 Å². The summed E-state index contributed by atoms with van der Waals surface area (Å²) >= 11 is 3.49. The van der Waals surface area contributed by atoms with Crippen molar-refractivity contribution in [1.29, 1.82) is 0 Å². The van der Waals surface area contributed by atoms with Gasteiger partial charge in [-0.25, -0.2) is 4.99 Å².